The molecule has 21 heavy (non-hydrogen) atoms. The molecule has 3 heteroatoms. The van der Waals surface area contributed by atoms with Crippen LogP contribution >= 0.6 is 0 Å². The van der Waals surface area contributed by atoms with Crippen LogP contribution in [0, 0.1) is 13.8 Å². The predicted octanol–water partition coefficient (Wildman–Crippen LogP) is 3.53. The third-order valence-electron chi connectivity index (χ3n) is 3.78. The number of phenols is 1. The Morgan fingerprint density at radius 3 is 2.33 bits per heavy atom. The van der Waals surface area contributed by atoms with Gasteiger partial charge in [-0.2, -0.15) is 0 Å². The molecule has 0 unspecified atom stereocenters. The molecule has 1 heterocycles. The number of benzene rings is 2. The Morgan fingerprint density at radius 2 is 1.67 bits per heavy atom. The zero-order chi connectivity index (χ0) is 15.1. The van der Waals surface area contributed by atoms with E-state index in [0.29, 0.717) is 10.9 Å². The van der Waals surface area contributed by atoms with Crippen molar-refractivity contribution in [3.05, 3.63) is 63.9 Å². The Morgan fingerprint density at radius 1 is 1.00 bits per heavy atom. The zero-order valence-corrected chi connectivity index (χ0v) is 12.3. The lowest BCUT2D eigenvalue weighted by atomic mass is 10.0. The molecule has 0 radical (unpaired) electrons. The van der Waals surface area contributed by atoms with E-state index >= 15 is 0 Å². The maximum atomic E-state index is 12.7. The number of aromatic hydroxyl groups is 1. The molecule has 0 saturated carbocycles. The molecule has 0 spiro atoms. The lowest BCUT2D eigenvalue weighted by molar-refractivity contribution is 0.480. The largest absolute Gasteiger partial charge is 0.507 e. The van der Waals surface area contributed by atoms with E-state index in [1.165, 1.54) is 0 Å². The van der Waals surface area contributed by atoms with Gasteiger partial charge in [-0.05, 0) is 37.1 Å². The van der Waals surface area contributed by atoms with Crippen molar-refractivity contribution in [1.29, 1.82) is 0 Å². The number of fused-ring (bicyclic) bond motifs is 1. The third-order valence-corrected chi connectivity index (χ3v) is 3.78. The van der Waals surface area contributed by atoms with Crippen LogP contribution in [0.2, 0.25) is 0 Å². The first-order valence-corrected chi connectivity index (χ1v) is 6.87. The number of pyridine rings is 1. The summed E-state index contributed by atoms with van der Waals surface area (Å²) in [5, 5.41) is 10.5. The summed E-state index contributed by atoms with van der Waals surface area (Å²) in [6.07, 6.45) is 1.83. The van der Waals surface area contributed by atoms with Crippen LogP contribution in [0.25, 0.3) is 22.0 Å². The lowest BCUT2D eigenvalue weighted by Gasteiger charge is -2.11. The van der Waals surface area contributed by atoms with Crippen LogP contribution in [0.5, 0.6) is 5.75 Å². The van der Waals surface area contributed by atoms with Crippen LogP contribution < -0.4 is 5.43 Å². The van der Waals surface area contributed by atoms with Gasteiger partial charge >= 0.3 is 0 Å². The summed E-state index contributed by atoms with van der Waals surface area (Å²) in [5.74, 6) is 0.0413. The van der Waals surface area contributed by atoms with E-state index in [9.17, 15) is 9.90 Å². The summed E-state index contributed by atoms with van der Waals surface area (Å²) in [4.78, 5) is 12.7. The van der Waals surface area contributed by atoms with Crippen LogP contribution in [0.15, 0.2) is 47.4 Å². The predicted molar refractivity (Wildman–Crippen MR) is 85.8 cm³/mol. The van der Waals surface area contributed by atoms with Gasteiger partial charge in [-0.3, -0.25) is 4.79 Å². The number of nitrogens with zero attached hydrogens (tertiary/aromatic N) is 1. The van der Waals surface area contributed by atoms with E-state index in [2.05, 4.69) is 0 Å². The Labute approximate surface area is 123 Å². The monoisotopic (exact) mass is 279 g/mol. The smallest absolute Gasteiger partial charge is 0.200 e. The van der Waals surface area contributed by atoms with Crippen LogP contribution in [0.3, 0.4) is 0 Å². The normalized spacial score (nSPS) is 11.0. The summed E-state index contributed by atoms with van der Waals surface area (Å²) < 4.78 is 1.89. The minimum atomic E-state index is -0.135. The fraction of sp³-hybridized carbons (Fsp3) is 0.167. The molecule has 3 rings (SSSR count). The molecule has 1 N–H and O–H groups in total. The van der Waals surface area contributed by atoms with E-state index in [1.54, 1.807) is 6.07 Å². The van der Waals surface area contributed by atoms with E-state index in [4.69, 9.17) is 0 Å². The summed E-state index contributed by atoms with van der Waals surface area (Å²) in [6.45, 7) is 3.91. The van der Waals surface area contributed by atoms with Gasteiger partial charge in [-0.15, -0.1) is 0 Å². The fourth-order valence-electron chi connectivity index (χ4n) is 2.65. The number of phenolic OH excluding ortho intramolecular Hbond substituents is 1. The summed E-state index contributed by atoms with van der Waals surface area (Å²) in [6, 6.07) is 11.4. The van der Waals surface area contributed by atoms with Gasteiger partial charge in [0.25, 0.3) is 0 Å². The minimum Gasteiger partial charge on any atom is -0.507 e. The molecular formula is C18H17NO2. The highest BCUT2D eigenvalue weighted by atomic mass is 16.3. The fourth-order valence-corrected chi connectivity index (χ4v) is 2.65. The lowest BCUT2D eigenvalue weighted by Crippen LogP contribution is -2.10. The first kappa shape index (κ1) is 13.4. The van der Waals surface area contributed by atoms with Gasteiger partial charge in [0, 0.05) is 18.8 Å². The quantitative estimate of drug-likeness (QED) is 0.740. The van der Waals surface area contributed by atoms with E-state index in [1.807, 2.05) is 62.0 Å². The second kappa shape index (κ2) is 4.77. The van der Waals surface area contributed by atoms with Gasteiger partial charge in [0.2, 0.25) is 5.43 Å². The van der Waals surface area contributed by atoms with Crippen molar-refractivity contribution < 1.29 is 5.11 Å². The van der Waals surface area contributed by atoms with Crippen molar-refractivity contribution >= 4 is 10.9 Å². The van der Waals surface area contributed by atoms with Gasteiger partial charge < -0.3 is 9.67 Å². The number of hydrogen-bond acceptors (Lipinski definition) is 2. The first-order chi connectivity index (χ1) is 9.97. The highest BCUT2D eigenvalue weighted by Crippen LogP contribution is 2.26. The Kier molecular flexibility index (Phi) is 3.05. The molecule has 0 aliphatic heterocycles. The summed E-state index contributed by atoms with van der Waals surface area (Å²) >= 11 is 0. The molecule has 1 aromatic heterocycles. The SMILES string of the molecule is Cc1ccc(-c2cn(C)c3cc(C)cc(O)c3c2=O)cc1. The molecule has 3 nitrogen and oxygen atoms in total. The average Bonchev–Trinajstić information content (AvgIpc) is 2.43. The molecule has 0 saturated heterocycles. The van der Waals surface area contributed by atoms with Crippen molar-refractivity contribution in [3.8, 4) is 16.9 Å². The Bertz CT molecular complexity index is 890. The van der Waals surface area contributed by atoms with Gasteiger partial charge in [-0.25, -0.2) is 0 Å². The van der Waals surface area contributed by atoms with Gasteiger partial charge in [-0.1, -0.05) is 29.8 Å². The Balaban J connectivity index is 2.39. The molecular weight excluding hydrogens is 262 g/mol. The van der Waals surface area contributed by atoms with E-state index < -0.39 is 0 Å². The van der Waals surface area contributed by atoms with E-state index in [0.717, 1.165) is 22.2 Å². The number of aromatic nitrogens is 1. The van der Waals surface area contributed by atoms with Crippen LogP contribution in [-0.4, -0.2) is 9.67 Å². The van der Waals surface area contributed by atoms with Crippen molar-refractivity contribution in [2.24, 2.45) is 7.05 Å². The maximum absolute atomic E-state index is 12.7. The van der Waals surface area contributed by atoms with E-state index in [-0.39, 0.29) is 11.2 Å². The number of aryl methyl sites for hydroxylation is 3. The average molecular weight is 279 g/mol. The molecule has 2 aromatic carbocycles. The molecule has 0 fully saturated rings. The van der Waals surface area contributed by atoms with Gasteiger partial charge in [0.1, 0.15) is 5.75 Å². The van der Waals surface area contributed by atoms with Crippen molar-refractivity contribution in [3.63, 3.8) is 0 Å². The molecule has 0 aliphatic carbocycles. The van der Waals surface area contributed by atoms with Gasteiger partial charge in [0.05, 0.1) is 10.9 Å². The third kappa shape index (κ3) is 2.21. The Hall–Kier alpha value is -2.55. The van der Waals surface area contributed by atoms with Crippen molar-refractivity contribution in [2.45, 2.75) is 13.8 Å². The summed E-state index contributed by atoms with van der Waals surface area (Å²) in [7, 11) is 1.89. The molecule has 0 atom stereocenters. The standard InChI is InChI=1S/C18H17NO2/c1-11-4-6-13(7-5-11)14-10-19(3)15-8-12(2)9-16(20)17(15)18(14)21/h4-10,20H,1-3H3. The maximum Gasteiger partial charge on any atom is 0.200 e. The number of hydrogen-bond donors (Lipinski definition) is 1. The van der Waals surface area contributed by atoms with Crippen LogP contribution in [0.1, 0.15) is 11.1 Å². The van der Waals surface area contributed by atoms with Crippen LogP contribution in [0.4, 0.5) is 0 Å². The second-order valence-corrected chi connectivity index (χ2v) is 5.53. The summed E-state index contributed by atoms with van der Waals surface area (Å²) in [5.41, 5.74) is 4.15. The van der Waals surface area contributed by atoms with Gasteiger partial charge in [0.15, 0.2) is 0 Å². The number of rotatable bonds is 1. The van der Waals surface area contributed by atoms with Crippen molar-refractivity contribution in [1.82, 2.24) is 4.57 Å². The molecule has 106 valence electrons. The highest BCUT2D eigenvalue weighted by Gasteiger charge is 2.13. The van der Waals surface area contributed by atoms with Crippen molar-refractivity contribution in [2.75, 3.05) is 0 Å². The topological polar surface area (TPSA) is 42.2 Å². The molecule has 3 aromatic rings. The minimum absolute atomic E-state index is 0.0413. The highest BCUT2D eigenvalue weighted by molar-refractivity contribution is 5.89. The second-order valence-electron chi connectivity index (χ2n) is 5.53. The first-order valence-electron chi connectivity index (χ1n) is 6.87. The van der Waals surface area contributed by atoms with Crippen LogP contribution in [-0.2, 0) is 7.05 Å². The molecule has 0 aliphatic rings. The zero-order valence-electron chi connectivity index (χ0n) is 12.3. The molecule has 0 amide bonds. The molecule has 0 bridgehead atoms.